The largest absolute Gasteiger partial charge is 0.467 e. The second-order valence-electron chi connectivity index (χ2n) is 9.02. The average molecular weight is 397 g/mol. The number of benzene rings is 1. The van der Waals surface area contributed by atoms with Crippen LogP contribution in [-0.2, 0) is 9.59 Å². The van der Waals surface area contributed by atoms with Crippen LogP contribution < -0.4 is 15.8 Å². The number of fused-ring (bicyclic) bond motifs is 3. The molecule has 1 spiro atoms. The fourth-order valence-corrected chi connectivity index (χ4v) is 5.88. The van der Waals surface area contributed by atoms with Crippen molar-refractivity contribution in [2.75, 3.05) is 13.1 Å². The maximum atomic E-state index is 13.2. The summed E-state index contributed by atoms with van der Waals surface area (Å²) in [5.41, 5.74) is 5.30. The summed E-state index contributed by atoms with van der Waals surface area (Å²) in [5, 5.41) is 3.14. The van der Waals surface area contributed by atoms with Gasteiger partial charge in [-0.15, -0.1) is 0 Å². The normalized spacial score (nSPS) is 33.7. The molecule has 7 heteroatoms. The number of carbonyl (C=O) groups excluding carboxylic acids is 3. The summed E-state index contributed by atoms with van der Waals surface area (Å²) in [5.74, 6) is 0.671. The Labute approximate surface area is 169 Å². The highest BCUT2D eigenvalue weighted by atomic mass is 16.5. The molecule has 154 valence electrons. The number of nitrogens with zero attached hydrogens (tertiary/aromatic N) is 1. The van der Waals surface area contributed by atoms with Crippen molar-refractivity contribution in [2.45, 2.75) is 44.2 Å². The van der Waals surface area contributed by atoms with Gasteiger partial charge in [0.25, 0.3) is 5.91 Å². The number of para-hydroxylation sites is 1. The van der Waals surface area contributed by atoms with Crippen molar-refractivity contribution < 1.29 is 19.1 Å². The molecule has 5 aliphatic rings. The van der Waals surface area contributed by atoms with Crippen LogP contribution in [0, 0.1) is 23.7 Å². The van der Waals surface area contributed by atoms with Gasteiger partial charge >= 0.3 is 0 Å². The van der Waals surface area contributed by atoms with Gasteiger partial charge in [-0.2, -0.15) is 0 Å². The lowest BCUT2D eigenvalue weighted by Gasteiger charge is -2.55. The summed E-state index contributed by atoms with van der Waals surface area (Å²) < 4.78 is 6.37. The van der Waals surface area contributed by atoms with E-state index in [1.807, 2.05) is 23.1 Å². The zero-order valence-corrected chi connectivity index (χ0v) is 16.4. The van der Waals surface area contributed by atoms with Gasteiger partial charge in [0.15, 0.2) is 5.72 Å². The van der Waals surface area contributed by atoms with E-state index in [0.29, 0.717) is 43.7 Å². The van der Waals surface area contributed by atoms with Crippen LogP contribution in [0.15, 0.2) is 24.3 Å². The maximum Gasteiger partial charge on any atom is 0.258 e. The van der Waals surface area contributed by atoms with Crippen LogP contribution in [0.5, 0.6) is 5.75 Å². The van der Waals surface area contributed by atoms with E-state index >= 15 is 0 Å². The summed E-state index contributed by atoms with van der Waals surface area (Å²) in [6, 6.07) is 7.35. The molecule has 0 unspecified atom stereocenters. The Bertz CT molecular complexity index is 863. The Kier molecular flexibility index (Phi) is 4.29. The zero-order chi connectivity index (χ0) is 20.2. The number of hydrogen-bond acceptors (Lipinski definition) is 4. The SMILES string of the molecule is NC(=O)C1CCN(C(=O)[C@H]2C[C@H]3CC[C@H]2C[C@]32NC(=O)c3ccccc3O2)CC1. The van der Waals surface area contributed by atoms with Gasteiger partial charge in [0, 0.05) is 37.3 Å². The Balaban J connectivity index is 1.31. The first-order valence-corrected chi connectivity index (χ1v) is 10.7. The van der Waals surface area contributed by atoms with Gasteiger partial charge in [-0.3, -0.25) is 14.4 Å². The quantitative estimate of drug-likeness (QED) is 0.792. The number of likely N-dealkylation sites (tertiary alicyclic amines) is 1. The van der Waals surface area contributed by atoms with E-state index in [1.165, 1.54) is 0 Å². The smallest absolute Gasteiger partial charge is 0.258 e. The highest BCUT2D eigenvalue weighted by molar-refractivity contribution is 5.98. The standard InChI is InChI=1S/C22H27N3O4/c23-19(26)13-7-9-25(10-8-13)21(28)17-11-15-6-5-14(17)12-22(15)24-20(27)16-3-1-2-4-18(16)29-22/h1-4,13-15,17H,5-12H2,(H2,23,26)(H,24,27)/t14-,15+,17-,22+/m0/s1. The Morgan fingerprint density at radius 1 is 1.14 bits per heavy atom. The second kappa shape index (κ2) is 6.75. The first kappa shape index (κ1) is 18.5. The molecular formula is C22H27N3O4. The average Bonchev–Trinajstić information content (AvgIpc) is 2.73. The molecule has 0 aromatic heterocycles. The third kappa shape index (κ3) is 2.98. The minimum atomic E-state index is -0.690. The van der Waals surface area contributed by atoms with Crippen LogP contribution in [-0.4, -0.2) is 41.4 Å². The van der Waals surface area contributed by atoms with Crippen molar-refractivity contribution >= 4 is 17.7 Å². The zero-order valence-electron chi connectivity index (χ0n) is 16.4. The number of primary amides is 1. The molecule has 1 aromatic carbocycles. The predicted molar refractivity (Wildman–Crippen MR) is 105 cm³/mol. The molecular weight excluding hydrogens is 370 g/mol. The minimum absolute atomic E-state index is 0.0258. The van der Waals surface area contributed by atoms with E-state index in [2.05, 4.69) is 5.32 Å². The highest BCUT2D eigenvalue weighted by Gasteiger charge is 2.57. The van der Waals surface area contributed by atoms with E-state index in [1.54, 1.807) is 6.07 Å². The summed E-state index contributed by atoms with van der Waals surface area (Å²) in [6.07, 6.45) is 4.67. The van der Waals surface area contributed by atoms with Gasteiger partial charge in [-0.25, -0.2) is 0 Å². The molecule has 2 heterocycles. The molecule has 1 aromatic rings. The number of ether oxygens (including phenoxy) is 1. The molecule has 2 aliphatic heterocycles. The van der Waals surface area contributed by atoms with Crippen molar-refractivity contribution in [3.8, 4) is 5.75 Å². The fraction of sp³-hybridized carbons (Fsp3) is 0.591. The number of carbonyl (C=O) groups is 3. The molecule has 4 fully saturated rings. The van der Waals surface area contributed by atoms with Crippen molar-refractivity contribution in [1.29, 1.82) is 0 Å². The second-order valence-corrected chi connectivity index (χ2v) is 9.02. The lowest BCUT2D eigenvalue weighted by atomic mass is 9.59. The first-order chi connectivity index (χ1) is 14.0. The molecule has 3 N–H and O–H groups in total. The maximum absolute atomic E-state index is 13.2. The molecule has 6 rings (SSSR count). The van der Waals surface area contributed by atoms with Crippen molar-refractivity contribution in [2.24, 2.45) is 29.4 Å². The first-order valence-electron chi connectivity index (χ1n) is 10.7. The molecule has 3 saturated carbocycles. The van der Waals surface area contributed by atoms with E-state index in [0.717, 1.165) is 19.3 Å². The number of hydrogen-bond donors (Lipinski definition) is 2. The van der Waals surface area contributed by atoms with Crippen LogP contribution in [0.25, 0.3) is 0 Å². The third-order valence-corrected chi connectivity index (χ3v) is 7.49. The summed E-state index contributed by atoms with van der Waals surface area (Å²) in [6.45, 7) is 1.21. The van der Waals surface area contributed by atoms with Gasteiger partial charge in [0.2, 0.25) is 11.8 Å². The number of piperidine rings is 1. The topological polar surface area (TPSA) is 102 Å². The number of amides is 3. The van der Waals surface area contributed by atoms with Crippen LogP contribution >= 0.6 is 0 Å². The molecule has 2 bridgehead atoms. The van der Waals surface area contributed by atoms with Crippen molar-refractivity contribution in [3.63, 3.8) is 0 Å². The molecule has 1 saturated heterocycles. The Morgan fingerprint density at radius 3 is 2.59 bits per heavy atom. The van der Waals surface area contributed by atoms with Gasteiger partial charge in [-0.1, -0.05) is 12.1 Å². The Morgan fingerprint density at radius 2 is 1.90 bits per heavy atom. The number of nitrogens with one attached hydrogen (secondary N) is 1. The van der Waals surface area contributed by atoms with Gasteiger partial charge in [-0.05, 0) is 50.2 Å². The molecule has 3 amide bonds. The molecule has 7 nitrogen and oxygen atoms in total. The third-order valence-electron chi connectivity index (χ3n) is 7.49. The number of rotatable bonds is 2. The van der Waals surface area contributed by atoms with Gasteiger partial charge < -0.3 is 20.7 Å². The van der Waals surface area contributed by atoms with E-state index in [4.69, 9.17) is 10.5 Å². The van der Waals surface area contributed by atoms with E-state index < -0.39 is 5.72 Å². The van der Waals surface area contributed by atoms with Crippen LogP contribution in [0.1, 0.15) is 48.9 Å². The predicted octanol–water partition coefficient (Wildman–Crippen LogP) is 1.67. The molecule has 3 aliphatic carbocycles. The lowest BCUT2D eigenvalue weighted by molar-refractivity contribution is -0.157. The van der Waals surface area contributed by atoms with Crippen LogP contribution in [0.2, 0.25) is 0 Å². The van der Waals surface area contributed by atoms with E-state index in [9.17, 15) is 14.4 Å². The lowest BCUT2D eigenvalue weighted by Crippen LogP contribution is -2.67. The summed E-state index contributed by atoms with van der Waals surface area (Å²) in [4.78, 5) is 39.2. The molecule has 4 atom stereocenters. The monoisotopic (exact) mass is 397 g/mol. The number of nitrogens with two attached hydrogens (primary N) is 1. The van der Waals surface area contributed by atoms with Gasteiger partial charge in [0.1, 0.15) is 5.75 Å². The molecule has 0 radical (unpaired) electrons. The van der Waals surface area contributed by atoms with Crippen LogP contribution in [0.4, 0.5) is 0 Å². The highest BCUT2D eigenvalue weighted by Crippen LogP contribution is 2.52. The van der Waals surface area contributed by atoms with Crippen molar-refractivity contribution in [3.05, 3.63) is 29.8 Å². The Hall–Kier alpha value is -2.57. The fourth-order valence-electron chi connectivity index (χ4n) is 5.88. The van der Waals surface area contributed by atoms with E-state index in [-0.39, 0.29) is 41.4 Å². The van der Waals surface area contributed by atoms with Crippen LogP contribution in [0.3, 0.4) is 0 Å². The minimum Gasteiger partial charge on any atom is -0.467 e. The molecule has 29 heavy (non-hydrogen) atoms. The van der Waals surface area contributed by atoms with Gasteiger partial charge in [0.05, 0.1) is 5.56 Å². The van der Waals surface area contributed by atoms with Crippen molar-refractivity contribution in [1.82, 2.24) is 10.2 Å². The summed E-state index contributed by atoms with van der Waals surface area (Å²) in [7, 11) is 0. The summed E-state index contributed by atoms with van der Waals surface area (Å²) >= 11 is 0.